The Kier molecular flexibility index (Phi) is 6.27. The van der Waals surface area contributed by atoms with Crippen LogP contribution in [-0.2, 0) is 14.8 Å². The lowest BCUT2D eigenvalue weighted by Crippen LogP contribution is -2.16. The van der Waals surface area contributed by atoms with Gasteiger partial charge in [-0.3, -0.25) is 9.52 Å². The lowest BCUT2D eigenvalue weighted by molar-refractivity contribution is -0.111. The van der Waals surface area contributed by atoms with Gasteiger partial charge in [0.05, 0.1) is 17.7 Å². The molecule has 2 N–H and O–H groups in total. The highest BCUT2D eigenvalue weighted by atomic mass is 32.2. The van der Waals surface area contributed by atoms with Crippen LogP contribution in [0.5, 0.6) is 5.75 Å². The summed E-state index contributed by atoms with van der Waals surface area (Å²) in [4.78, 5) is 12.2. The van der Waals surface area contributed by atoms with Crippen LogP contribution in [0.25, 0.3) is 6.08 Å². The molecule has 0 aliphatic carbocycles. The Morgan fingerprint density at radius 1 is 1.07 bits per heavy atom. The molecule has 0 fully saturated rings. The second kappa shape index (κ2) is 8.87. The van der Waals surface area contributed by atoms with Gasteiger partial charge in [-0.2, -0.15) is 0 Å². The Balaban J connectivity index is 1.80. The normalized spacial score (nSPS) is 11.4. The van der Waals surface area contributed by atoms with Crippen LogP contribution in [0.15, 0.2) is 70.0 Å². The van der Waals surface area contributed by atoms with Gasteiger partial charge in [-0.25, -0.2) is 8.42 Å². The number of ether oxygens (including phenoxy) is 1. The van der Waals surface area contributed by atoms with Crippen molar-refractivity contribution in [3.63, 3.8) is 0 Å². The van der Waals surface area contributed by atoms with E-state index in [-0.39, 0.29) is 4.90 Å². The number of hydrogen-bond acceptors (Lipinski definition) is 5. The summed E-state index contributed by atoms with van der Waals surface area (Å²) >= 11 is 0. The van der Waals surface area contributed by atoms with Crippen molar-refractivity contribution in [2.24, 2.45) is 0 Å². The van der Waals surface area contributed by atoms with Crippen molar-refractivity contribution in [3.8, 4) is 5.75 Å². The third-order valence-corrected chi connectivity index (χ3v) is 5.76. The van der Waals surface area contributed by atoms with E-state index in [1.165, 1.54) is 25.3 Å². The summed E-state index contributed by atoms with van der Waals surface area (Å²) in [6.07, 6.45) is 2.86. The Bertz CT molecular complexity index is 1200. The SMILES string of the molecule is COc1ccccc1NS(=O)(=O)c1cc(NC(=O)/C=C/c2ccc(C)o2)ccc1C. The minimum absolute atomic E-state index is 0.0526. The molecule has 3 rings (SSSR count). The van der Waals surface area contributed by atoms with Crippen molar-refractivity contribution in [2.75, 3.05) is 17.1 Å². The molecule has 0 aliphatic rings. The summed E-state index contributed by atoms with van der Waals surface area (Å²) in [6, 6.07) is 14.9. The summed E-state index contributed by atoms with van der Waals surface area (Å²) < 4.78 is 39.0. The molecule has 30 heavy (non-hydrogen) atoms. The first-order valence-corrected chi connectivity index (χ1v) is 10.6. The third kappa shape index (κ3) is 5.09. The lowest BCUT2D eigenvalue weighted by Gasteiger charge is -2.14. The number of sulfonamides is 1. The van der Waals surface area contributed by atoms with E-state index in [0.717, 1.165) is 5.76 Å². The van der Waals surface area contributed by atoms with Crippen LogP contribution in [0.4, 0.5) is 11.4 Å². The van der Waals surface area contributed by atoms with Gasteiger partial charge in [-0.1, -0.05) is 18.2 Å². The highest BCUT2D eigenvalue weighted by Gasteiger charge is 2.19. The summed E-state index contributed by atoms with van der Waals surface area (Å²) in [6.45, 7) is 3.49. The molecule has 7 nitrogen and oxygen atoms in total. The van der Waals surface area contributed by atoms with E-state index >= 15 is 0 Å². The molecule has 8 heteroatoms. The second-order valence-corrected chi connectivity index (χ2v) is 8.21. The molecule has 1 heterocycles. The molecule has 0 saturated carbocycles. The Morgan fingerprint density at radius 3 is 2.53 bits per heavy atom. The number of carbonyl (C=O) groups is 1. The zero-order valence-electron chi connectivity index (χ0n) is 16.8. The molecule has 0 aliphatic heterocycles. The van der Waals surface area contributed by atoms with Crippen molar-refractivity contribution in [1.82, 2.24) is 0 Å². The minimum Gasteiger partial charge on any atom is -0.495 e. The maximum atomic E-state index is 12.9. The van der Waals surface area contributed by atoms with E-state index in [2.05, 4.69) is 10.0 Å². The smallest absolute Gasteiger partial charge is 0.262 e. The van der Waals surface area contributed by atoms with E-state index in [0.29, 0.717) is 28.4 Å². The number of anilines is 2. The Hall–Kier alpha value is -3.52. The van der Waals surface area contributed by atoms with Crippen molar-refractivity contribution in [3.05, 3.63) is 77.8 Å². The van der Waals surface area contributed by atoms with Gasteiger partial charge in [0.15, 0.2) is 0 Å². The van der Waals surface area contributed by atoms with Gasteiger partial charge >= 0.3 is 0 Å². The molecule has 156 valence electrons. The molecule has 0 radical (unpaired) electrons. The second-order valence-electron chi connectivity index (χ2n) is 6.56. The molecule has 0 saturated heterocycles. The van der Waals surface area contributed by atoms with Crippen LogP contribution in [0.2, 0.25) is 0 Å². The molecule has 1 aromatic heterocycles. The fraction of sp³-hybridized carbons (Fsp3) is 0.136. The number of methoxy groups -OCH3 is 1. The highest BCUT2D eigenvalue weighted by Crippen LogP contribution is 2.28. The number of amides is 1. The van der Waals surface area contributed by atoms with Crippen LogP contribution in [0.3, 0.4) is 0 Å². The van der Waals surface area contributed by atoms with E-state index in [1.54, 1.807) is 55.5 Å². The van der Waals surface area contributed by atoms with Gasteiger partial charge in [-0.05, 0) is 61.9 Å². The number of hydrogen-bond donors (Lipinski definition) is 2. The van der Waals surface area contributed by atoms with Gasteiger partial charge in [0.2, 0.25) is 5.91 Å². The van der Waals surface area contributed by atoms with Crippen LogP contribution in [-0.4, -0.2) is 21.4 Å². The number of furan rings is 1. The lowest BCUT2D eigenvalue weighted by atomic mass is 10.2. The number of nitrogens with one attached hydrogen (secondary N) is 2. The summed E-state index contributed by atoms with van der Waals surface area (Å²) in [5.74, 6) is 1.29. The number of aryl methyl sites for hydroxylation is 2. The van der Waals surface area contributed by atoms with E-state index in [1.807, 2.05) is 6.92 Å². The molecule has 0 unspecified atom stereocenters. The quantitative estimate of drug-likeness (QED) is 0.547. The van der Waals surface area contributed by atoms with Gasteiger partial charge in [0, 0.05) is 11.8 Å². The first-order valence-electron chi connectivity index (χ1n) is 9.10. The van der Waals surface area contributed by atoms with E-state index in [9.17, 15) is 13.2 Å². The van der Waals surface area contributed by atoms with Gasteiger partial charge in [0.25, 0.3) is 10.0 Å². The molecular formula is C22H22N2O5S. The number of benzene rings is 2. The topological polar surface area (TPSA) is 97.6 Å². The first-order chi connectivity index (χ1) is 14.3. The van der Waals surface area contributed by atoms with Gasteiger partial charge in [0.1, 0.15) is 17.3 Å². The minimum atomic E-state index is -3.90. The number of carbonyl (C=O) groups excluding carboxylic acids is 1. The number of para-hydroxylation sites is 2. The predicted molar refractivity (Wildman–Crippen MR) is 116 cm³/mol. The predicted octanol–water partition coefficient (Wildman–Crippen LogP) is 4.36. The van der Waals surface area contributed by atoms with Crippen molar-refractivity contribution < 1.29 is 22.4 Å². The van der Waals surface area contributed by atoms with Gasteiger partial charge < -0.3 is 14.5 Å². The Morgan fingerprint density at radius 2 is 1.83 bits per heavy atom. The molecule has 1 amide bonds. The zero-order chi connectivity index (χ0) is 21.7. The molecule has 0 spiro atoms. The largest absolute Gasteiger partial charge is 0.495 e. The van der Waals surface area contributed by atoms with E-state index < -0.39 is 15.9 Å². The molecule has 0 atom stereocenters. The van der Waals surface area contributed by atoms with Gasteiger partial charge in [-0.15, -0.1) is 0 Å². The third-order valence-electron chi connectivity index (χ3n) is 4.26. The summed E-state index contributed by atoms with van der Waals surface area (Å²) in [5, 5.41) is 2.66. The molecule has 2 aromatic carbocycles. The van der Waals surface area contributed by atoms with Crippen molar-refractivity contribution in [1.29, 1.82) is 0 Å². The maximum Gasteiger partial charge on any atom is 0.262 e. The van der Waals surface area contributed by atoms with Crippen LogP contribution >= 0.6 is 0 Å². The molecule has 3 aromatic rings. The fourth-order valence-electron chi connectivity index (χ4n) is 2.78. The zero-order valence-corrected chi connectivity index (χ0v) is 17.6. The van der Waals surface area contributed by atoms with Crippen molar-refractivity contribution in [2.45, 2.75) is 18.7 Å². The van der Waals surface area contributed by atoms with E-state index in [4.69, 9.17) is 9.15 Å². The monoisotopic (exact) mass is 426 g/mol. The summed E-state index contributed by atoms with van der Waals surface area (Å²) in [7, 11) is -2.44. The molecule has 0 bridgehead atoms. The Labute approximate surface area is 175 Å². The van der Waals surface area contributed by atoms with Crippen LogP contribution < -0.4 is 14.8 Å². The number of rotatable bonds is 7. The van der Waals surface area contributed by atoms with Crippen LogP contribution in [0, 0.1) is 13.8 Å². The van der Waals surface area contributed by atoms with Crippen LogP contribution in [0.1, 0.15) is 17.1 Å². The summed E-state index contributed by atoms with van der Waals surface area (Å²) in [5.41, 5.74) is 1.22. The standard InChI is InChI=1S/C22H22N2O5S/c1-15-8-10-17(23-22(25)13-12-18-11-9-16(2)29-18)14-21(15)30(26,27)24-19-6-4-5-7-20(19)28-3/h4-14,24H,1-3H3,(H,23,25)/b13-12+. The van der Waals surface area contributed by atoms with Crippen molar-refractivity contribution >= 4 is 33.4 Å². The fourth-order valence-corrected chi connectivity index (χ4v) is 4.12. The average Bonchev–Trinajstić information content (AvgIpc) is 3.13. The highest BCUT2D eigenvalue weighted by molar-refractivity contribution is 7.92. The first kappa shape index (κ1) is 21.2. The molecular weight excluding hydrogens is 404 g/mol. The average molecular weight is 426 g/mol. The maximum absolute atomic E-state index is 12.9.